The predicted octanol–water partition coefficient (Wildman–Crippen LogP) is 5.22. The summed E-state index contributed by atoms with van der Waals surface area (Å²) in [6, 6.07) is 12.0. The minimum Gasteiger partial charge on any atom is -0.478 e. The van der Waals surface area contributed by atoms with Crippen molar-refractivity contribution >= 4 is 69.6 Å². The fourth-order valence-electron chi connectivity index (χ4n) is 2.14. The molecule has 0 fully saturated rings. The highest BCUT2D eigenvalue weighted by Crippen LogP contribution is 2.19. The van der Waals surface area contributed by atoms with Crippen LogP contribution in [0.2, 0.25) is 0 Å². The molecule has 2 aromatic carbocycles. The van der Waals surface area contributed by atoms with E-state index < -0.39 is 36.0 Å². The van der Waals surface area contributed by atoms with Crippen molar-refractivity contribution in [2.75, 3.05) is 25.4 Å². The van der Waals surface area contributed by atoms with Crippen molar-refractivity contribution in [3.8, 4) is 11.5 Å². The van der Waals surface area contributed by atoms with Gasteiger partial charge in [0, 0.05) is 13.8 Å². The number of carboxylic acid groups (broad SMARTS) is 1. The van der Waals surface area contributed by atoms with Crippen LogP contribution in [0.3, 0.4) is 0 Å². The van der Waals surface area contributed by atoms with Crippen LogP contribution in [0.25, 0.3) is 0 Å². The number of hydrogen-bond acceptors (Lipinski definition) is 13. The first-order valence-corrected chi connectivity index (χ1v) is 13.4. The molecule has 2 rings (SSSR count). The Balaban J connectivity index is 0.000000622. The Bertz CT molecular complexity index is 1140. The van der Waals surface area contributed by atoms with Crippen LogP contribution in [0.15, 0.2) is 48.5 Å². The molecule has 0 aliphatic heterocycles. The van der Waals surface area contributed by atoms with Crippen LogP contribution in [0.5, 0.6) is 11.5 Å². The fourth-order valence-corrected chi connectivity index (χ4v) is 2.64. The van der Waals surface area contributed by atoms with E-state index in [9.17, 15) is 28.8 Å². The third kappa shape index (κ3) is 16.0. The number of carboxylic acids is 1. The molecule has 0 saturated carbocycles. The lowest BCUT2D eigenvalue weighted by atomic mass is 10.2. The van der Waals surface area contributed by atoms with Crippen LogP contribution in [0.1, 0.15) is 34.6 Å². The van der Waals surface area contributed by atoms with Gasteiger partial charge in [0.1, 0.15) is 22.6 Å². The van der Waals surface area contributed by atoms with Crippen LogP contribution < -0.4 is 9.47 Å². The Kier molecular flexibility index (Phi) is 18.3. The van der Waals surface area contributed by atoms with Gasteiger partial charge in [0.25, 0.3) is 0 Å². The quantitative estimate of drug-likeness (QED) is 0.189. The summed E-state index contributed by atoms with van der Waals surface area (Å²) in [5, 5.41) is 7.79. The zero-order chi connectivity index (χ0) is 29.8. The summed E-state index contributed by atoms with van der Waals surface area (Å²) < 4.78 is 23.1. The maximum atomic E-state index is 11.7. The summed E-state index contributed by atoms with van der Waals surface area (Å²) in [4.78, 5) is 64.7. The Morgan fingerprint density at radius 1 is 0.718 bits per heavy atom. The predicted molar refractivity (Wildman–Crippen MR) is 143 cm³/mol. The molecular weight excluding hydrogens is 580 g/mol. The summed E-state index contributed by atoms with van der Waals surface area (Å²) >= 11 is 6.88. The maximum Gasteiger partial charge on any atom is 0.369 e. The summed E-state index contributed by atoms with van der Waals surface area (Å²) in [7, 11) is 0. The lowest BCUT2D eigenvalue weighted by Gasteiger charge is -2.08. The topological polar surface area (TPSA) is 169 Å². The van der Waals surface area contributed by atoms with Crippen LogP contribution in [-0.4, -0.2) is 65.0 Å². The number of hydrogen-bond donors (Lipinski definition) is 1. The molecule has 0 bridgehead atoms. The van der Waals surface area contributed by atoms with Crippen molar-refractivity contribution in [3.63, 3.8) is 0 Å². The maximum absolute atomic E-state index is 11.7. The fraction of sp³-hybridized carbons (Fsp3) is 0.250. The summed E-state index contributed by atoms with van der Waals surface area (Å²) in [5.41, 5.74) is 0.0654. The molecule has 39 heavy (non-hydrogen) atoms. The second kappa shape index (κ2) is 20.2. The molecule has 0 amide bonds. The molecular formula is C24H25ClO12S2. The standard InChI is InChI=1S/C12H12O6S.C9H8O4.C3H5ClO2S/c1-8(13)18-10-6-4-3-5-9(10)11(14)16-7-17-12(15)19-2;1-6(10)13-8-5-3-2-4-7(8)9(11)12;1-7-3(5)6-2-4/h3-6H,7H2,1-2H3;2-5H,1H3,(H,11,12);2H2,1H3. The molecule has 0 aliphatic rings. The van der Waals surface area contributed by atoms with E-state index in [4.69, 9.17) is 26.2 Å². The number of benzene rings is 2. The van der Waals surface area contributed by atoms with Gasteiger partial charge in [-0.15, -0.1) is 0 Å². The van der Waals surface area contributed by atoms with Crippen LogP contribution in [0, 0.1) is 0 Å². The second-order valence-electron chi connectivity index (χ2n) is 6.34. The molecule has 0 unspecified atom stereocenters. The van der Waals surface area contributed by atoms with Gasteiger partial charge in [-0.1, -0.05) is 35.9 Å². The lowest BCUT2D eigenvalue weighted by Crippen LogP contribution is -2.13. The highest BCUT2D eigenvalue weighted by atomic mass is 35.5. The van der Waals surface area contributed by atoms with E-state index in [2.05, 4.69) is 14.2 Å². The zero-order valence-corrected chi connectivity index (χ0v) is 23.6. The summed E-state index contributed by atoms with van der Waals surface area (Å²) in [5.74, 6) is -2.77. The number of alkyl halides is 1. The first-order valence-electron chi connectivity index (χ1n) is 10.4. The molecule has 212 valence electrons. The number of rotatable bonds is 7. The molecule has 0 spiro atoms. The van der Waals surface area contributed by atoms with Crippen LogP contribution in [-0.2, 0) is 23.8 Å². The highest BCUT2D eigenvalue weighted by molar-refractivity contribution is 8.12. The lowest BCUT2D eigenvalue weighted by molar-refractivity contribution is -0.132. The van der Waals surface area contributed by atoms with Gasteiger partial charge >= 0.3 is 34.5 Å². The second-order valence-corrected chi connectivity index (χ2v) is 8.04. The van der Waals surface area contributed by atoms with Gasteiger partial charge in [-0.05, 0) is 60.3 Å². The number of aromatic carboxylic acids is 1. The molecule has 0 heterocycles. The molecule has 12 nitrogen and oxygen atoms in total. The number of ether oxygens (including phenoxy) is 5. The molecule has 15 heteroatoms. The van der Waals surface area contributed by atoms with E-state index in [1.807, 2.05) is 0 Å². The normalized spacial score (nSPS) is 9.26. The Hall–Kier alpha value is -3.75. The largest absolute Gasteiger partial charge is 0.478 e. The van der Waals surface area contributed by atoms with Gasteiger partial charge < -0.3 is 28.8 Å². The Morgan fingerprint density at radius 2 is 1.15 bits per heavy atom. The van der Waals surface area contributed by atoms with E-state index >= 15 is 0 Å². The number of halogens is 1. The molecule has 1 N–H and O–H groups in total. The van der Waals surface area contributed by atoms with E-state index in [0.717, 1.165) is 23.5 Å². The summed E-state index contributed by atoms with van der Waals surface area (Å²) in [6.07, 6.45) is 3.18. The molecule has 0 aliphatic carbocycles. The van der Waals surface area contributed by atoms with Gasteiger partial charge in [0.05, 0.1) is 0 Å². The average molecular weight is 605 g/mol. The van der Waals surface area contributed by atoms with Crippen molar-refractivity contribution in [2.24, 2.45) is 0 Å². The minimum absolute atomic E-state index is 0.0160. The molecule has 0 saturated heterocycles. The average Bonchev–Trinajstić information content (AvgIpc) is 2.89. The van der Waals surface area contributed by atoms with Crippen molar-refractivity contribution in [2.45, 2.75) is 13.8 Å². The Morgan fingerprint density at radius 3 is 1.56 bits per heavy atom. The zero-order valence-electron chi connectivity index (χ0n) is 21.2. The van der Waals surface area contributed by atoms with Crippen LogP contribution in [0.4, 0.5) is 9.59 Å². The van der Waals surface area contributed by atoms with Crippen molar-refractivity contribution in [1.29, 1.82) is 0 Å². The molecule has 0 atom stereocenters. The number of thioether (sulfide) groups is 2. The van der Waals surface area contributed by atoms with E-state index in [-0.39, 0.29) is 34.0 Å². The monoisotopic (exact) mass is 604 g/mol. The number of carbonyl (C=O) groups excluding carboxylic acids is 5. The van der Waals surface area contributed by atoms with Crippen molar-refractivity contribution < 1.29 is 57.6 Å². The number of carbonyl (C=O) groups is 6. The van der Waals surface area contributed by atoms with E-state index in [0.29, 0.717) is 0 Å². The van der Waals surface area contributed by atoms with Gasteiger partial charge in [-0.3, -0.25) is 9.59 Å². The Labute approximate surface area is 237 Å². The van der Waals surface area contributed by atoms with E-state index in [1.54, 1.807) is 36.8 Å². The van der Waals surface area contributed by atoms with Gasteiger partial charge in [-0.25, -0.2) is 19.2 Å². The summed E-state index contributed by atoms with van der Waals surface area (Å²) in [6.45, 7) is 1.95. The highest BCUT2D eigenvalue weighted by Gasteiger charge is 2.15. The van der Waals surface area contributed by atoms with E-state index in [1.165, 1.54) is 38.1 Å². The molecule has 2 aromatic rings. The molecule has 0 aromatic heterocycles. The first kappa shape index (κ1) is 35.2. The number of para-hydroxylation sites is 2. The molecule has 0 radical (unpaired) electrons. The van der Waals surface area contributed by atoms with Crippen molar-refractivity contribution in [1.82, 2.24) is 0 Å². The first-order chi connectivity index (χ1) is 18.5. The minimum atomic E-state index is -1.11. The van der Waals surface area contributed by atoms with Gasteiger partial charge in [0.2, 0.25) is 6.79 Å². The third-order valence-electron chi connectivity index (χ3n) is 3.60. The van der Waals surface area contributed by atoms with Crippen LogP contribution >= 0.6 is 35.1 Å². The number of esters is 3. The van der Waals surface area contributed by atoms with Gasteiger partial charge in [-0.2, -0.15) is 0 Å². The smallest absolute Gasteiger partial charge is 0.369 e. The van der Waals surface area contributed by atoms with Gasteiger partial charge in [0.15, 0.2) is 6.07 Å². The SMILES string of the molecule is CC(=O)Oc1ccccc1C(=O)O.CSC(=O)OCCl.CSC(=O)OCOC(=O)c1ccccc1OC(C)=O. The third-order valence-corrected chi connectivity index (χ3v) is 4.62. The van der Waals surface area contributed by atoms with Crippen molar-refractivity contribution in [3.05, 3.63) is 59.7 Å².